The van der Waals surface area contributed by atoms with Gasteiger partial charge in [-0.25, -0.2) is 0 Å². The zero-order valence-corrected chi connectivity index (χ0v) is 8.26. The largest absolute Gasteiger partial charge is 0.352 e. The van der Waals surface area contributed by atoms with Crippen molar-refractivity contribution in [3.63, 3.8) is 0 Å². The molecule has 0 unspecified atom stereocenters. The third-order valence-electron chi connectivity index (χ3n) is 1.69. The maximum absolute atomic E-state index is 5.18. The number of rotatable bonds is 1. The first-order valence-electron chi connectivity index (χ1n) is 3.58. The molecule has 10 heavy (non-hydrogen) atoms. The lowest BCUT2D eigenvalue weighted by Gasteiger charge is -2.26. The van der Waals surface area contributed by atoms with Crippen molar-refractivity contribution in [1.82, 2.24) is 4.90 Å². The Hall–Kier alpha value is 0.240. The molecule has 1 rings (SSSR count). The zero-order valence-electron chi connectivity index (χ0n) is 6.63. The van der Waals surface area contributed by atoms with E-state index in [0.29, 0.717) is 12.1 Å². The van der Waals surface area contributed by atoms with Crippen LogP contribution in [0.3, 0.4) is 0 Å². The fourth-order valence-electron chi connectivity index (χ4n) is 1.25. The van der Waals surface area contributed by atoms with Gasteiger partial charge in [0.05, 0.1) is 0 Å². The molecule has 1 aliphatic heterocycles. The highest BCUT2D eigenvalue weighted by Crippen LogP contribution is 2.25. The Kier molecular flexibility index (Phi) is 2.58. The summed E-state index contributed by atoms with van der Waals surface area (Å²) < 4.78 is 1.07. The van der Waals surface area contributed by atoms with E-state index < -0.39 is 0 Å². The van der Waals surface area contributed by atoms with Crippen molar-refractivity contribution in [2.45, 2.75) is 32.9 Å². The molecule has 1 fully saturated rings. The van der Waals surface area contributed by atoms with Crippen LogP contribution in [-0.2, 0) is 0 Å². The van der Waals surface area contributed by atoms with Gasteiger partial charge in [0, 0.05) is 17.8 Å². The molecule has 0 saturated carbocycles. The van der Waals surface area contributed by atoms with Gasteiger partial charge < -0.3 is 4.90 Å². The normalized spacial score (nSPS) is 26.6. The molecule has 0 aromatic heterocycles. The molecule has 1 atom stereocenters. The Bertz CT molecular complexity index is 145. The quantitative estimate of drug-likeness (QED) is 0.562. The van der Waals surface area contributed by atoms with Crippen LogP contribution in [0.4, 0.5) is 0 Å². The first-order valence-corrected chi connectivity index (χ1v) is 4.97. The maximum Gasteiger partial charge on any atom is 0.136 e. The molecule has 0 aliphatic carbocycles. The van der Waals surface area contributed by atoms with E-state index in [1.165, 1.54) is 0 Å². The van der Waals surface area contributed by atoms with Gasteiger partial charge >= 0.3 is 0 Å². The van der Waals surface area contributed by atoms with Crippen LogP contribution in [0.1, 0.15) is 20.8 Å². The van der Waals surface area contributed by atoms with Crippen molar-refractivity contribution in [1.29, 1.82) is 0 Å². The Morgan fingerprint density at radius 3 is 2.50 bits per heavy atom. The molecule has 0 aromatic rings. The number of hydrogen-bond acceptors (Lipinski definition) is 2. The van der Waals surface area contributed by atoms with E-state index in [4.69, 9.17) is 12.2 Å². The Morgan fingerprint density at radius 1 is 1.70 bits per heavy atom. The number of thiocarbonyl (C=S) groups is 1. The van der Waals surface area contributed by atoms with Crippen LogP contribution in [0.5, 0.6) is 0 Å². The molecule has 0 radical (unpaired) electrons. The molecule has 3 heteroatoms. The fourth-order valence-corrected chi connectivity index (χ4v) is 2.93. The van der Waals surface area contributed by atoms with E-state index in [0.717, 1.165) is 10.1 Å². The molecule has 1 saturated heterocycles. The van der Waals surface area contributed by atoms with E-state index in [-0.39, 0.29) is 0 Å². The first kappa shape index (κ1) is 8.34. The minimum atomic E-state index is 0.567. The van der Waals surface area contributed by atoms with Gasteiger partial charge in [-0.2, -0.15) is 0 Å². The molecule has 0 N–H and O–H groups in total. The predicted octanol–water partition coefficient (Wildman–Crippen LogP) is 2.12. The van der Waals surface area contributed by atoms with Crippen molar-refractivity contribution in [2.24, 2.45) is 0 Å². The van der Waals surface area contributed by atoms with Gasteiger partial charge in [-0.05, 0) is 20.8 Å². The Morgan fingerprint density at radius 2 is 2.30 bits per heavy atom. The Labute approximate surface area is 72.2 Å². The lowest BCUT2D eigenvalue weighted by Crippen LogP contribution is -2.36. The third-order valence-corrected chi connectivity index (χ3v) is 3.36. The summed E-state index contributed by atoms with van der Waals surface area (Å²) in [7, 11) is 0. The van der Waals surface area contributed by atoms with E-state index in [1.807, 2.05) is 0 Å². The average molecular weight is 175 g/mol. The molecular formula is C7H13NS2. The summed E-state index contributed by atoms with van der Waals surface area (Å²) in [6.45, 7) is 6.61. The second-order valence-electron chi connectivity index (χ2n) is 2.93. The maximum atomic E-state index is 5.18. The molecule has 0 aromatic carbocycles. The van der Waals surface area contributed by atoms with Crippen LogP contribution >= 0.6 is 24.0 Å². The van der Waals surface area contributed by atoms with Gasteiger partial charge in [0.2, 0.25) is 0 Å². The van der Waals surface area contributed by atoms with Crippen molar-refractivity contribution in [3.8, 4) is 0 Å². The van der Waals surface area contributed by atoms with Crippen molar-refractivity contribution in [3.05, 3.63) is 0 Å². The van der Waals surface area contributed by atoms with Crippen LogP contribution < -0.4 is 0 Å². The highest BCUT2D eigenvalue weighted by atomic mass is 32.2. The van der Waals surface area contributed by atoms with Gasteiger partial charge in [-0.3, -0.25) is 0 Å². The summed E-state index contributed by atoms with van der Waals surface area (Å²) >= 11 is 6.98. The molecule has 0 bridgehead atoms. The van der Waals surface area contributed by atoms with E-state index >= 15 is 0 Å². The van der Waals surface area contributed by atoms with E-state index in [2.05, 4.69) is 25.7 Å². The average Bonchev–Trinajstić information content (AvgIpc) is 2.11. The van der Waals surface area contributed by atoms with Crippen LogP contribution in [-0.4, -0.2) is 27.1 Å². The summed E-state index contributed by atoms with van der Waals surface area (Å²) in [6, 6.07) is 1.20. The molecule has 1 nitrogen and oxygen atoms in total. The molecule has 58 valence electrons. The predicted molar refractivity (Wildman–Crippen MR) is 51.5 cm³/mol. The summed E-state index contributed by atoms with van der Waals surface area (Å²) in [5.41, 5.74) is 0. The van der Waals surface area contributed by atoms with Crippen LogP contribution in [0, 0.1) is 0 Å². The molecular weight excluding hydrogens is 162 g/mol. The molecule has 1 aliphatic rings. The summed E-state index contributed by atoms with van der Waals surface area (Å²) in [6.07, 6.45) is 0. The van der Waals surface area contributed by atoms with Crippen LogP contribution in [0.2, 0.25) is 0 Å². The topological polar surface area (TPSA) is 3.24 Å². The second-order valence-corrected chi connectivity index (χ2v) is 4.58. The lowest BCUT2D eigenvalue weighted by molar-refractivity contribution is 0.314. The van der Waals surface area contributed by atoms with Gasteiger partial charge in [0.1, 0.15) is 4.32 Å². The van der Waals surface area contributed by atoms with Crippen molar-refractivity contribution in [2.75, 3.05) is 5.75 Å². The molecule has 1 heterocycles. The highest BCUT2D eigenvalue weighted by Gasteiger charge is 2.26. The third kappa shape index (κ3) is 1.45. The molecule has 0 amide bonds. The number of thioether (sulfide) groups is 1. The lowest BCUT2D eigenvalue weighted by atomic mass is 10.2. The Balaban J connectivity index is 2.63. The fraction of sp³-hybridized carbons (Fsp3) is 0.857. The van der Waals surface area contributed by atoms with Crippen LogP contribution in [0.25, 0.3) is 0 Å². The van der Waals surface area contributed by atoms with E-state index in [9.17, 15) is 0 Å². The minimum Gasteiger partial charge on any atom is -0.352 e. The second kappa shape index (κ2) is 3.09. The van der Waals surface area contributed by atoms with Gasteiger partial charge in [0.15, 0.2) is 0 Å². The van der Waals surface area contributed by atoms with Crippen molar-refractivity contribution >= 4 is 28.3 Å². The van der Waals surface area contributed by atoms with Gasteiger partial charge in [0.25, 0.3) is 0 Å². The number of nitrogens with zero attached hydrogens (tertiary/aromatic N) is 1. The van der Waals surface area contributed by atoms with E-state index in [1.54, 1.807) is 11.8 Å². The van der Waals surface area contributed by atoms with Crippen molar-refractivity contribution < 1.29 is 0 Å². The standard InChI is InChI=1S/C7H13NS2/c1-5(2)8-6(3)4-10-7(8)9/h5-6H,4H2,1-3H3/t6-/m0/s1. The summed E-state index contributed by atoms with van der Waals surface area (Å²) in [5, 5.41) is 0. The summed E-state index contributed by atoms with van der Waals surface area (Å²) in [4.78, 5) is 2.31. The highest BCUT2D eigenvalue weighted by molar-refractivity contribution is 8.23. The smallest absolute Gasteiger partial charge is 0.136 e. The minimum absolute atomic E-state index is 0.567. The van der Waals surface area contributed by atoms with Gasteiger partial charge in [-0.15, -0.1) is 0 Å². The van der Waals surface area contributed by atoms with Gasteiger partial charge in [-0.1, -0.05) is 24.0 Å². The first-order chi connectivity index (χ1) is 4.63. The number of hydrogen-bond donors (Lipinski definition) is 0. The monoisotopic (exact) mass is 175 g/mol. The molecule has 0 spiro atoms. The SMILES string of the molecule is CC(C)N1C(=S)SC[C@@H]1C. The zero-order chi connectivity index (χ0) is 7.72. The summed E-state index contributed by atoms with van der Waals surface area (Å²) in [5.74, 6) is 1.16. The van der Waals surface area contributed by atoms with Crippen LogP contribution in [0.15, 0.2) is 0 Å².